The number of hydrogen-bond donors (Lipinski definition) is 2. The molecule has 1 aliphatic rings. The Morgan fingerprint density at radius 2 is 1.70 bits per heavy atom. The van der Waals surface area contributed by atoms with Crippen molar-refractivity contribution in [2.45, 2.75) is 12.8 Å². The molecule has 2 N–H and O–H groups in total. The molecule has 2 aromatic carbocycles. The number of phenols is 1. The quantitative estimate of drug-likeness (QED) is 0.886. The Kier molecular flexibility index (Phi) is 6.25. The summed E-state index contributed by atoms with van der Waals surface area (Å²) >= 11 is 0. The van der Waals surface area contributed by atoms with Gasteiger partial charge in [0, 0.05) is 0 Å². The molecular formula is C18H21ClFNO2. The summed E-state index contributed by atoms with van der Waals surface area (Å²) in [6.07, 6.45) is 2.15. The summed E-state index contributed by atoms with van der Waals surface area (Å²) in [5.41, 5.74) is 1.63. The van der Waals surface area contributed by atoms with E-state index < -0.39 is 0 Å². The normalized spacial score (nSPS) is 15.0. The van der Waals surface area contributed by atoms with Gasteiger partial charge in [0.05, 0.1) is 6.61 Å². The highest BCUT2D eigenvalue weighted by Crippen LogP contribution is 2.27. The minimum absolute atomic E-state index is 0. The first-order chi connectivity index (χ1) is 10.7. The van der Waals surface area contributed by atoms with Gasteiger partial charge >= 0.3 is 0 Å². The number of halogens is 2. The lowest BCUT2D eigenvalue weighted by molar-refractivity contribution is 0.208. The third-order valence-corrected chi connectivity index (χ3v) is 4.07. The van der Waals surface area contributed by atoms with Crippen LogP contribution >= 0.6 is 12.4 Å². The van der Waals surface area contributed by atoms with E-state index in [0.29, 0.717) is 18.3 Å². The number of piperidine rings is 1. The summed E-state index contributed by atoms with van der Waals surface area (Å²) in [7, 11) is 0. The molecule has 0 atom stereocenters. The van der Waals surface area contributed by atoms with Crippen LogP contribution in [0.2, 0.25) is 0 Å². The van der Waals surface area contributed by atoms with Gasteiger partial charge in [-0.1, -0.05) is 18.2 Å². The van der Waals surface area contributed by atoms with Gasteiger partial charge in [0.1, 0.15) is 5.75 Å². The third-order valence-electron chi connectivity index (χ3n) is 4.07. The molecule has 3 nitrogen and oxygen atoms in total. The molecule has 1 aliphatic heterocycles. The van der Waals surface area contributed by atoms with Gasteiger partial charge in [0.15, 0.2) is 11.6 Å². The molecule has 0 radical (unpaired) electrons. The first-order valence-corrected chi connectivity index (χ1v) is 7.65. The fourth-order valence-corrected chi connectivity index (χ4v) is 2.71. The Hall–Kier alpha value is -1.78. The molecule has 1 heterocycles. The first kappa shape index (κ1) is 17.6. The molecule has 0 bridgehead atoms. The maximum atomic E-state index is 14.2. The Balaban J connectivity index is 0.00000192. The number of rotatable bonds is 4. The topological polar surface area (TPSA) is 41.5 Å². The van der Waals surface area contributed by atoms with Gasteiger partial charge in [-0.3, -0.25) is 0 Å². The second kappa shape index (κ2) is 8.18. The maximum absolute atomic E-state index is 14.2. The highest BCUT2D eigenvalue weighted by atomic mass is 35.5. The second-order valence-electron chi connectivity index (χ2n) is 5.70. The number of aromatic hydroxyl groups is 1. The smallest absolute Gasteiger partial charge is 0.165 e. The molecule has 0 spiro atoms. The van der Waals surface area contributed by atoms with Gasteiger partial charge in [-0.25, -0.2) is 4.39 Å². The molecule has 23 heavy (non-hydrogen) atoms. The van der Waals surface area contributed by atoms with Crippen LogP contribution in [0.4, 0.5) is 4.39 Å². The van der Waals surface area contributed by atoms with Crippen LogP contribution in [0.25, 0.3) is 11.1 Å². The number of hydrogen-bond acceptors (Lipinski definition) is 3. The summed E-state index contributed by atoms with van der Waals surface area (Å²) in [4.78, 5) is 0. The van der Waals surface area contributed by atoms with E-state index in [-0.39, 0.29) is 24.0 Å². The molecule has 2 aromatic rings. The summed E-state index contributed by atoms with van der Waals surface area (Å²) in [6.45, 7) is 2.59. The number of benzene rings is 2. The van der Waals surface area contributed by atoms with E-state index in [4.69, 9.17) is 4.74 Å². The predicted molar refractivity (Wildman–Crippen MR) is 91.8 cm³/mol. The molecule has 124 valence electrons. The van der Waals surface area contributed by atoms with Gasteiger partial charge in [-0.15, -0.1) is 12.4 Å². The van der Waals surface area contributed by atoms with Crippen molar-refractivity contribution in [2.75, 3.05) is 19.7 Å². The second-order valence-corrected chi connectivity index (χ2v) is 5.70. The Morgan fingerprint density at radius 3 is 2.35 bits per heavy atom. The molecule has 0 aliphatic carbocycles. The summed E-state index contributed by atoms with van der Waals surface area (Å²) in [6, 6.07) is 11.7. The van der Waals surface area contributed by atoms with E-state index in [0.717, 1.165) is 37.1 Å². The van der Waals surface area contributed by atoms with E-state index in [9.17, 15) is 9.50 Å². The van der Waals surface area contributed by atoms with Gasteiger partial charge in [0.2, 0.25) is 0 Å². The van der Waals surface area contributed by atoms with Crippen LogP contribution < -0.4 is 10.1 Å². The molecule has 3 rings (SSSR count). The average molecular weight is 338 g/mol. The summed E-state index contributed by atoms with van der Waals surface area (Å²) < 4.78 is 19.8. The van der Waals surface area contributed by atoms with Gasteiger partial charge in [-0.2, -0.15) is 0 Å². The van der Waals surface area contributed by atoms with Crippen molar-refractivity contribution < 1.29 is 14.2 Å². The van der Waals surface area contributed by atoms with E-state index in [1.165, 1.54) is 6.07 Å². The molecule has 0 unspecified atom stereocenters. The lowest BCUT2D eigenvalue weighted by Crippen LogP contribution is -2.30. The van der Waals surface area contributed by atoms with Crippen molar-refractivity contribution in [3.8, 4) is 22.6 Å². The van der Waals surface area contributed by atoms with Crippen molar-refractivity contribution in [1.29, 1.82) is 0 Å². The Labute approximate surface area is 141 Å². The summed E-state index contributed by atoms with van der Waals surface area (Å²) in [5.74, 6) is 0.657. The average Bonchev–Trinajstić information content (AvgIpc) is 2.55. The van der Waals surface area contributed by atoms with Crippen LogP contribution in [0.1, 0.15) is 12.8 Å². The molecule has 0 saturated carbocycles. The Bertz CT molecular complexity index is 627. The number of phenolic OH excluding ortho intramolecular Hbond substituents is 1. The first-order valence-electron chi connectivity index (χ1n) is 7.65. The lowest BCUT2D eigenvalue weighted by atomic mass is 9.99. The van der Waals surface area contributed by atoms with E-state index in [1.54, 1.807) is 30.3 Å². The number of nitrogens with one attached hydrogen (secondary N) is 1. The lowest BCUT2D eigenvalue weighted by Gasteiger charge is -2.22. The van der Waals surface area contributed by atoms with Crippen molar-refractivity contribution in [3.05, 3.63) is 48.3 Å². The van der Waals surface area contributed by atoms with Crippen LogP contribution in [-0.2, 0) is 0 Å². The Morgan fingerprint density at radius 1 is 1.04 bits per heavy atom. The molecule has 0 aromatic heterocycles. The van der Waals surface area contributed by atoms with E-state index in [1.807, 2.05) is 6.07 Å². The minimum atomic E-state index is -0.348. The monoisotopic (exact) mass is 337 g/mol. The fraction of sp³-hybridized carbons (Fsp3) is 0.333. The van der Waals surface area contributed by atoms with E-state index in [2.05, 4.69) is 5.32 Å². The van der Waals surface area contributed by atoms with Crippen LogP contribution in [0, 0.1) is 11.7 Å². The molecule has 1 saturated heterocycles. The highest BCUT2D eigenvalue weighted by molar-refractivity contribution is 5.85. The summed E-state index contributed by atoms with van der Waals surface area (Å²) in [5, 5.41) is 12.6. The van der Waals surface area contributed by atoms with Gasteiger partial charge < -0.3 is 15.2 Å². The van der Waals surface area contributed by atoms with Crippen LogP contribution in [0.5, 0.6) is 11.5 Å². The highest BCUT2D eigenvalue weighted by Gasteiger charge is 2.15. The zero-order chi connectivity index (χ0) is 15.4. The van der Waals surface area contributed by atoms with Crippen molar-refractivity contribution >= 4 is 12.4 Å². The third kappa shape index (κ3) is 4.60. The molecule has 0 amide bonds. The van der Waals surface area contributed by atoms with Crippen molar-refractivity contribution in [3.63, 3.8) is 0 Å². The van der Waals surface area contributed by atoms with Crippen LogP contribution in [0.15, 0.2) is 42.5 Å². The largest absolute Gasteiger partial charge is 0.508 e. The van der Waals surface area contributed by atoms with Crippen molar-refractivity contribution in [2.24, 2.45) is 5.92 Å². The zero-order valence-electron chi connectivity index (χ0n) is 12.8. The maximum Gasteiger partial charge on any atom is 0.165 e. The van der Waals surface area contributed by atoms with E-state index >= 15 is 0 Å². The minimum Gasteiger partial charge on any atom is -0.508 e. The van der Waals surface area contributed by atoms with Gasteiger partial charge in [0.25, 0.3) is 0 Å². The SMILES string of the molecule is Cl.Oc1ccc(-c2ccc(OCC3CCNCC3)c(F)c2)cc1. The van der Waals surface area contributed by atoms with Crippen LogP contribution in [0.3, 0.4) is 0 Å². The zero-order valence-corrected chi connectivity index (χ0v) is 13.6. The fourth-order valence-electron chi connectivity index (χ4n) is 2.71. The number of ether oxygens (including phenoxy) is 1. The molecule has 5 heteroatoms. The van der Waals surface area contributed by atoms with Crippen molar-refractivity contribution in [1.82, 2.24) is 5.32 Å². The van der Waals surface area contributed by atoms with Crippen LogP contribution in [-0.4, -0.2) is 24.8 Å². The van der Waals surface area contributed by atoms with Gasteiger partial charge in [-0.05, 0) is 67.2 Å². The standard InChI is InChI=1S/C18H20FNO2.ClH/c19-17-11-15(14-1-4-16(21)5-2-14)3-6-18(17)22-12-13-7-9-20-10-8-13;/h1-6,11,13,20-21H,7-10,12H2;1H. The molecule has 1 fully saturated rings. The molecular weight excluding hydrogens is 317 g/mol. The predicted octanol–water partition coefficient (Wildman–Crippen LogP) is 4.00.